The molecule has 1 aliphatic heterocycles. The summed E-state index contributed by atoms with van der Waals surface area (Å²) in [5.74, 6) is 1.73. The number of fused-ring (bicyclic) bond motifs is 1. The van der Waals surface area contributed by atoms with E-state index in [0.717, 1.165) is 62.1 Å². The van der Waals surface area contributed by atoms with Crippen LogP contribution in [-0.2, 0) is 11.8 Å². The highest BCUT2D eigenvalue weighted by atomic mass is 79.9. The molecule has 2 aromatic carbocycles. The van der Waals surface area contributed by atoms with Crippen molar-refractivity contribution in [2.75, 3.05) is 55.7 Å². The first-order chi connectivity index (χ1) is 20.8. The van der Waals surface area contributed by atoms with Gasteiger partial charge in [-0.1, -0.05) is 7.92 Å². The summed E-state index contributed by atoms with van der Waals surface area (Å²) in [5.41, 5.74) is 6.55. The van der Waals surface area contributed by atoms with Crippen LogP contribution in [0, 0.1) is 0 Å². The summed E-state index contributed by atoms with van der Waals surface area (Å²) in [4.78, 5) is 20.8. The topological polar surface area (TPSA) is 115 Å². The maximum atomic E-state index is 5.87. The highest BCUT2D eigenvalue weighted by Crippen LogP contribution is 2.41. The van der Waals surface area contributed by atoms with Crippen molar-refractivity contribution in [3.05, 3.63) is 59.7 Å². The van der Waals surface area contributed by atoms with Crippen LogP contribution < -0.4 is 25.6 Å². The third-order valence-electron chi connectivity index (χ3n) is 7.22. The van der Waals surface area contributed by atoms with Gasteiger partial charge in [-0.15, -0.1) is 0 Å². The fourth-order valence-corrected chi connectivity index (χ4v) is 6.76. The van der Waals surface area contributed by atoms with Gasteiger partial charge in [-0.2, -0.15) is 10.1 Å². The van der Waals surface area contributed by atoms with Gasteiger partial charge in [0.25, 0.3) is 0 Å². The van der Waals surface area contributed by atoms with Crippen molar-refractivity contribution in [1.82, 2.24) is 29.7 Å². The number of morpholine rings is 1. The van der Waals surface area contributed by atoms with Gasteiger partial charge >= 0.3 is 0 Å². The maximum Gasteiger partial charge on any atom is 0.229 e. The van der Waals surface area contributed by atoms with Crippen molar-refractivity contribution in [2.24, 2.45) is 7.05 Å². The van der Waals surface area contributed by atoms with E-state index in [-0.39, 0.29) is 6.10 Å². The molecule has 0 amide bonds. The van der Waals surface area contributed by atoms with Crippen LogP contribution in [0.5, 0.6) is 5.75 Å². The minimum atomic E-state index is -0.487. The molecule has 1 aliphatic rings. The van der Waals surface area contributed by atoms with Gasteiger partial charge in [0, 0.05) is 78.8 Å². The Morgan fingerprint density at radius 3 is 2.65 bits per heavy atom. The van der Waals surface area contributed by atoms with E-state index < -0.39 is 7.92 Å². The zero-order chi connectivity index (χ0) is 30.1. The van der Waals surface area contributed by atoms with E-state index in [1.54, 1.807) is 30.4 Å². The van der Waals surface area contributed by atoms with Gasteiger partial charge in [-0.3, -0.25) is 14.6 Å². The molecule has 5 aromatic rings. The second-order valence-electron chi connectivity index (χ2n) is 10.5. The summed E-state index contributed by atoms with van der Waals surface area (Å²) in [6, 6.07) is 8.15. The zero-order valence-corrected chi connectivity index (χ0v) is 27.1. The number of ether oxygens (including phenoxy) is 2. The lowest BCUT2D eigenvalue weighted by Gasteiger charge is -2.34. The first kappa shape index (κ1) is 29.2. The fraction of sp³-hybridized carbons (Fsp3) is 0.300. The number of aryl methyl sites for hydroxylation is 1. The van der Waals surface area contributed by atoms with Crippen LogP contribution in [0.1, 0.15) is 6.92 Å². The van der Waals surface area contributed by atoms with Crippen LogP contribution in [-0.4, -0.2) is 76.0 Å². The number of nitrogens with one attached hydrogen (secondary N) is 2. The van der Waals surface area contributed by atoms with E-state index in [4.69, 9.17) is 14.5 Å². The number of methoxy groups -OCH3 is 1. The molecule has 13 heteroatoms. The number of benzene rings is 2. The minimum absolute atomic E-state index is 0.133. The van der Waals surface area contributed by atoms with E-state index in [2.05, 4.69) is 83.9 Å². The van der Waals surface area contributed by atoms with Crippen molar-refractivity contribution < 1.29 is 9.47 Å². The van der Waals surface area contributed by atoms with Crippen LogP contribution in [0.25, 0.3) is 22.2 Å². The number of hydrogen-bond acceptors (Lipinski definition) is 10. The van der Waals surface area contributed by atoms with Gasteiger partial charge in [-0.05, 0) is 54.4 Å². The van der Waals surface area contributed by atoms with Crippen LogP contribution in [0.4, 0.5) is 28.8 Å². The molecule has 4 heterocycles. The molecule has 0 bridgehead atoms. The zero-order valence-electron chi connectivity index (χ0n) is 24.7. The van der Waals surface area contributed by atoms with Crippen molar-refractivity contribution in [3.8, 4) is 16.9 Å². The maximum absolute atomic E-state index is 5.87. The van der Waals surface area contributed by atoms with Gasteiger partial charge in [-0.25, -0.2) is 4.98 Å². The molecule has 0 spiro atoms. The average molecular weight is 663 g/mol. The van der Waals surface area contributed by atoms with Gasteiger partial charge in [0.15, 0.2) is 0 Å². The molecular weight excluding hydrogens is 629 g/mol. The summed E-state index contributed by atoms with van der Waals surface area (Å²) in [6.45, 7) is 8.75. The molecule has 1 fully saturated rings. The standard InChI is InChI=1S/C30H33BrN9O2P/c1-18-16-40(10-11-42-18)25-13-26(41-3)24(12-20(25)19-14-35-39(2)17-19)37-30-34-15-21(31)29(38-30)36-23-7-6-22-27(28(23)43(4)5)33-9-8-32-22/h6-9,12-15,17-18H,10-11,16H2,1-5H3,(H2,34,36,37,38)/t18-/m1/s1. The van der Waals surface area contributed by atoms with Crippen LogP contribution >= 0.6 is 23.9 Å². The van der Waals surface area contributed by atoms with Crippen LogP contribution in [0.15, 0.2) is 59.7 Å². The third-order valence-corrected chi connectivity index (χ3v) is 9.15. The molecule has 3 aromatic heterocycles. The number of nitrogens with zero attached hydrogens (tertiary/aromatic N) is 7. The molecule has 0 saturated carbocycles. The Morgan fingerprint density at radius 1 is 1.07 bits per heavy atom. The van der Waals surface area contributed by atoms with E-state index in [9.17, 15) is 0 Å². The van der Waals surface area contributed by atoms with Gasteiger partial charge in [0.2, 0.25) is 5.95 Å². The molecule has 11 nitrogen and oxygen atoms in total. The SMILES string of the molecule is COc1cc(N2CCO[C@H](C)C2)c(-c2cnn(C)c2)cc1Nc1ncc(Br)c(Nc2ccc3nccnc3c2P(C)C)n1. The van der Waals surface area contributed by atoms with E-state index in [0.29, 0.717) is 24.1 Å². The largest absolute Gasteiger partial charge is 0.494 e. The fourth-order valence-electron chi connectivity index (χ4n) is 5.26. The second kappa shape index (κ2) is 12.4. The summed E-state index contributed by atoms with van der Waals surface area (Å²) in [7, 11) is 3.10. The van der Waals surface area contributed by atoms with Crippen molar-refractivity contribution in [2.45, 2.75) is 13.0 Å². The monoisotopic (exact) mass is 661 g/mol. The number of rotatable bonds is 8. The molecule has 0 unspecified atom stereocenters. The van der Waals surface area contributed by atoms with E-state index in [1.807, 2.05) is 31.6 Å². The van der Waals surface area contributed by atoms with Crippen molar-refractivity contribution >= 4 is 69.0 Å². The Bertz CT molecular complexity index is 1780. The third kappa shape index (κ3) is 6.13. The lowest BCUT2D eigenvalue weighted by Crippen LogP contribution is -2.41. The molecule has 1 atom stereocenters. The number of halogens is 1. The Morgan fingerprint density at radius 2 is 1.91 bits per heavy atom. The Labute approximate surface area is 260 Å². The molecule has 0 radical (unpaired) electrons. The van der Waals surface area contributed by atoms with Crippen LogP contribution in [0.2, 0.25) is 0 Å². The number of aromatic nitrogens is 6. The molecule has 6 rings (SSSR count). The van der Waals surface area contributed by atoms with Crippen molar-refractivity contribution in [3.63, 3.8) is 0 Å². The molecule has 2 N–H and O–H groups in total. The summed E-state index contributed by atoms with van der Waals surface area (Å²) >= 11 is 3.63. The Hall–Kier alpha value is -3.86. The molecule has 1 saturated heterocycles. The van der Waals surface area contributed by atoms with Crippen LogP contribution in [0.3, 0.4) is 0 Å². The first-order valence-corrected chi connectivity index (χ1v) is 16.9. The van der Waals surface area contributed by atoms with Gasteiger partial charge in [0.1, 0.15) is 11.6 Å². The average Bonchev–Trinajstić information content (AvgIpc) is 3.44. The van der Waals surface area contributed by atoms with E-state index in [1.165, 1.54) is 0 Å². The smallest absolute Gasteiger partial charge is 0.229 e. The molecule has 0 aliphatic carbocycles. The number of hydrogen-bond donors (Lipinski definition) is 2. The molecule has 43 heavy (non-hydrogen) atoms. The Balaban J connectivity index is 1.37. The predicted molar refractivity (Wildman–Crippen MR) is 177 cm³/mol. The van der Waals surface area contributed by atoms with E-state index >= 15 is 0 Å². The first-order valence-electron chi connectivity index (χ1n) is 13.9. The lowest BCUT2D eigenvalue weighted by molar-refractivity contribution is 0.0532. The summed E-state index contributed by atoms with van der Waals surface area (Å²) < 4.78 is 14.2. The lowest BCUT2D eigenvalue weighted by atomic mass is 10.0. The van der Waals surface area contributed by atoms with Gasteiger partial charge < -0.3 is 25.0 Å². The molecular formula is C30H33BrN9O2P. The van der Waals surface area contributed by atoms with Gasteiger partial charge in [0.05, 0.1) is 47.2 Å². The minimum Gasteiger partial charge on any atom is -0.494 e. The second-order valence-corrected chi connectivity index (χ2v) is 13.6. The quantitative estimate of drug-likeness (QED) is 0.202. The summed E-state index contributed by atoms with van der Waals surface area (Å²) in [6.07, 6.45) is 9.20. The molecule has 222 valence electrons. The van der Waals surface area contributed by atoms with Crippen molar-refractivity contribution in [1.29, 1.82) is 0 Å². The predicted octanol–water partition coefficient (Wildman–Crippen LogP) is 5.67. The normalized spacial score (nSPS) is 15.2. The Kier molecular flexibility index (Phi) is 8.43. The summed E-state index contributed by atoms with van der Waals surface area (Å²) in [5, 5.41) is 12.5. The highest BCUT2D eigenvalue weighted by molar-refractivity contribution is 9.10. The highest BCUT2D eigenvalue weighted by Gasteiger charge is 2.23. The number of anilines is 5.